The first kappa shape index (κ1) is 13.9. The van der Waals surface area contributed by atoms with Crippen LogP contribution in [0.15, 0.2) is 6.20 Å². The summed E-state index contributed by atoms with van der Waals surface area (Å²) in [4.78, 5) is 10.8. The van der Waals surface area contributed by atoms with Crippen molar-refractivity contribution < 1.29 is 18.3 Å². The maximum absolute atomic E-state index is 12.9. The summed E-state index contributed by atoms with van der Waals surface area (Å²) >= 11 is 0. The molecule has 0 spiro atoms. The predicted molar refractivity (Wildman–Crippen MR) is 63.7 cm³/mol. The second kappa shape index (κ2) is 5.24. The van der Waals surface area contributed by atoms with Gasteiger partial charge >= 0.3 is 11.9 Å². The van der Waals surface area contributed by atoms with E-state index in [1.165, 1.54) is 0 Å². The van der Waals surface area contributed by atoms with Gasteiger partial charge in [0.05, 0.1) is 12.1 Å². The monoisotopic (exact) mass is 273 g/mol. The molecule has 0 aromatic carbocycles. The van der Waals surface area contributed by atoms with E-state index in [4.69, 9.17) is 0 Å². The average molecular weight is 273 g/mol. The second-order valence-corrected chi connectivity index (χ2v) is 4.70. The van der Waals surface area contributed by atoms with Gasteiger partial charge in [0.15, 0.2) is 0 Å². The Morgan fingerprint density at radius 2 is 2.37 bits per heavy atom. The fourth-order valence-electron chi connectivity index (χ4n) is 2.16. The predicted octanol–water partition coefficient (Wildman–Crippen LogP) is 1.02. The van der Waals surface area contributed by atoms with Gasteiger partial charge in [0.25, 0.3) is 0 Å². The highest BCUT2D eigenvalue weighted by molar-refractivity contribution is 5.79. The van der Waals surface area contributed by atoms with Crippen molar-refractivity contribution in [3.05, 3.63) is 17.5 Å². The van der Waals surface area contributed by atoms with Crippen molar-refractivity contribution in [1.29, 1.82) is 0 Å². The molecule has 2 heterocycles. The molecule has 1 aromatic heterocycles. The van der Waals surface area contributed by atoms with Crippen LogP contribution in [0.25, 0.3) is 0 Å². The lowest BCUT2D eigenvalue weighted by Gasteiger charge is -2.09. The molecule has 0 aliphatic carbocycles. The Balaban J connectivity index is 1.83. The molecule has 19 heavy (non-hydrogen) atoms. The molecule has 0 radical (unpaired) electrons. The Hall–Kier alpha value is -1.50. The molecule has 1 aliphatic heterocycles. The molecule has 5 nitrogen and oxygen atoms in total. The van der Waals surface area contributed by atoms with E-state index < -0.39 is 24.4 Å². The van der Waals surface area contributed by atoms with Crippen molar-refractivity contribution in [3.8, 4) is 0 Å². The average Bonchev–Trinajstić information content (AvgIpc) is 2.80. The first-order valence-electron chi connectivity index (χ1n) is 6.23. The number of halogens is 2. The number of esters is 1. The van der Waals surface area contributed by atoms with E-state index in [0.29, 0.717) is 6.54 Å². The number of ether oxygens (including phenoxy) is 1. The highest BCUT2D eigenvalue weighted by Gasteiger charge is 2.50. The van der Waals surface area contributed by atoms with E-state index in [0.717, 1.165) is 17.7 Å². The van der Waals surface area contributed by atoms with Crippen LogP contribution >= 0.6 is 0 Å². The number of cyclic esters (lactones) is 1. The molecule has 0 saturated carbocycles. The highest BCUT2D eigenvalue weighted by Crippen LogP contribution is 2.30. The molecular formula is C12H17F2N3O2. The summed E-state index contributed by atoms with van der Waals surface area (Å²) in [6, 6.07) is 0. The lowest BCUT2D eigenvalue weighted by molar-refractivity contribution is -0.159. The molecule has 1 N–H and O–H groups in total. The van der Waals surface area contributed by atoms with Gasteiger partial charge in [-0.05, 0) is 6.42 Å². The Kier molecular flexibility index (Phi) is 3.84. The van der Waals surface area contributed by atoms with Crippen molar-refractivity contribution >= 4 is 5.97 Å². The van der Waals surface area contributed by atoms with Crippen LogP contribution in [0.5, 0.6) is 0 Å². The van der Waals surface area contributed by atoms with Crippen LogP contribution in [-0.4, -0.2) is 34.3 Å². The standard InChI is InChI=1S/C12H17F2N3O2/c1-3-10-8(7-17(2)16-10)5-15-6-9-4-12(13,14)11(18)19-9/h7,9,15H,3-6H2,1-2H3. The van der Waals surface area contributed by atoms with Crippen LogP contribution in [0.3, 0.4) is 0 Å². The molecule has 1 aliphatic rings. The third-order valence-electron chi connectivity index (χ3n) is 3.07. The zero-order chi connectivity index (χ0) is 14.0. The number of carbonyl (C=O) groups is 1. The SMILES string of the molecule is CCc1nn(C)cc1CNCC1CC(F)(F)C(=O)O1. The fourth-order valence-corrected chi connectivity index (χ4v) is 2.16. The number of nitrogens with one attached hydrogen (secondary N) is 1. The third-order valence-corrected chi connectivity index (χ3v) is 3.07. The second-order valence-electron chi connectivity index (χ2n) is 4.70. The van der Waals surface area contributed by atoms with E-state index in [-0.39, 0.29) is 6.54 Å². The number of rotatable bonds is 5. The highest BCUT2D eigenvalue weighted by atomic mass is 19.3. The molecule has 2 rings (SSSR count). The number of carbonyl (C=O) groups excluding carboxylic acids is 1. The van der Waals surface area contributed by atoms with E-state index in [1.807, 2.05) is 20.2 Å². The minimum atomic E-state index is -3.34. The smallest absolute Gasteiger partial charge is 0.377 e. The molecular weight excluding hydrogens is 256 g/mol. The summed E-state index contributed by atoms with van der Waals surface area (Å²) in [5, 5.41) is 7.31. The van der Waals surface area contributed by atoms with Gasteiger partial charge in [-0.15, -0.1) is 0 Å². The molecule has 1 saturated heterocycles. The molecule has 1 unspecified atom stereocenters. The van der Waals surface area contributed by atoms with Gasteiger partial charge in [-0.3, -0.25) is 4.68 Å². The van der Waals surface area contributed by atoms with Crippen LogP contribution in [0.4, 0.5) is 8.78 Å². The normalized spacial score (nSPS) is 21.7. The Morgan fingerprint density at radius 1 is 1.63 bits per heavy atom. The minimum absolute atomic E-state index is 0.222. The number of hydrogen-bond acceptors (Lipinski definition) is 4. The summed E-state index contributed by atoms with van der Waals surface area (Å²) in [6.45, 7) is 2.75. The van der Waals surface area contributed by atoms with Crippen molar-refractivity contribution in [2.75, 3.05) is 6.54 Å². The summed E-state index contributed by atoms with van der Waals surface area (Å²) < 4.78 is 32.2. The quantitative estimate of drug-likeness (QED) is 0.814. The molecule has 1 atom stereocenters. The zero-order valence-electron chi connectivity index (χ0n) is 10.9. The van der Waals surface area contributed by atoms with Gasteiger partial charge in [0.2, 0.25) is 0 Å². The molecule has 0 amide bonds. The van der Waals surface area contributed by atoms with Gasteiger partial charge in [0.1, 0.15) is 6.10 Å². The van der Waals surface area contributed by atoms with E-state index in [2.05, 4.69) is 15.2 Å². The van der Waals surface area contributed by atoms with Gasteiger partial charge in [-0.2, -0.15) is 13.9 Å². The largest absolute Gasteiger partial charge is 0.456 e. The van der Waals surface area contributed by atoms with Crippen LogP contribution in [0.1, 0.15) is 24.6 Å². The van der Waals surface area contributed by atoms with Crippen molar-refractivity contribution in [3.63, 3.8) is 0 Å². The first-order chi connectivity index (χ1) is 8.92. The zero-order valence-corrected chi connectivity index (χ0v) is 10.9. The van der Waals surface area contributed by atoms with Crippen molar-refractivity contribution in [2.45, 2.75) is 38.3 Å². The van der Waals surface area contributed by atoms with Crippen LogP contribution in [-0.2, 0) is 29.5 Å². The maximum atomic E-state index is 12.9. The first-order valence-corrected chi connectivity index (χ1v) is 6.23. The molecule has 106 valence electrons. The fraction of sp³-hybridized carbons (Fsp3) is 0.667. The minimum Gasteiger partial charge on any atom is -0.456 e. The third kappa shape index (κ3) is 3.09. The van der Waals surface area contributed by atoms with Gasteiger partial charge < -0.3 is 10.1 Å². The topological polar surface area (TPSA) is 56.2 Å². The summed E-state index contributed by atoms with van der Waals surface area (Å²) in [5.74, 6) is -4.76. The van der Waals surface area contributed by atoms with Crippen molar-refractivity contribution in [1.82, 2.24) is 15.1 Å². The van der Waals surface area contributed by atoms with E-state index in [1.54, 1.807) is 4.68 Å². The van der Waals surface area contributed by atoms with Crippen LogP contribution < -0.4 is 5.32 Å². The number of aromatic nitrogens is 2. The Bertz CT molecular complexity index is 474. The van der Waals surface area contributed by atoms with Gasteiger partial charge in [-0.25, -0.2) is 4.79 Å². The number of aryl methyl sites for hydroxylation is 2. The molecule has 1 aromatic rings. The van der Waals surface area contributed by atoms with E-state index in [9.17, 15) is 13.6 Å². The number of nitrogens with zero attached hydrogens (tertiary/aromatic N) is 2. The van der Waals surface area contributed by atoms with Crippen LogP contribution in [0, 0.1) is 0 Å². The lowest BCUT2D eigenvalue weighted by Crippen LogP contribution is -2.27. The summed E-state index contributed by atoms with van der Waals surface area (Å²) in [7, 11) is 1.84. The van der Waals surface area contributed by atoms with Crippen molar-refractivity contribution in [2.24, 2.45) is 7.05 Å². The summed E-state index contributed by atoms with van der Waals surface area (Å²) in [5.41, 5.74) is 2.00. The summed E-state index contributed by atoms with van der Waals surface area (Å²) in [6.07, 6.45) is 1.39. The molecule has 1 fully saturated rings. The Morgan fingerprint density at radius 3 is 2.95 bits per heavy atom. The van der Waals surface area contributed by atoms with Crippen LogP contribution in [0.2, 0.25) is 0 Å². The number of hydrogen-bond donors (Lipinski definition) is 1. The van der Waals surface area contributed by atoms with Gasteiger partial charge in [0, 0.05) is 31.9 Å². The lowest BCUT2D eigenvalue weighted by atomic mass is 10.2. The molecule has 7 heteroatoms. The maximum Gasteiger partial charge on any atom is 0.377 e. The Labute approximate surface area is 109 Å². The molecule has 0 bridgehead atoms. The van der Waals surface area contributed by atoms with E-state index >= 15 is 0 Å². The number of alkyl halides is 2. The van der Waals surface area contributed by atoms with Gasteiger partial charge in [-0.1, -0.05) is 6.92 Å².